The van der Waals surface area contributed by atoms with Crippen molar-refractivity contribution in [2.75, 3.05) is 25.1 Å². The Balaban J connectivity index is 1.16. The van der Waals surface area contributed by atoms with Crippen LogP contribution in [-0.4, -0.2) is 65.2 Å². The van der Waals surface area contributed by atoms with Crippen LogP contribution in [0.3, 0.4) is 0 Å². The van der Waals surface area contributed by atoms with Crippen LogP contribution < -0.4 is 15.4 Å². The molecule has 2 aromatic carbocycles. The Morgan fingerprint density at radius 3 is 2.50 bits per heavy atom. The van der Waals surface area contributed by atoms with Gasteiger partial charge in [0.2, 0.25) is 17.7 Å². The largest absolute Gasteiger partial charge is 0.491 e. The van der Waals surface area contributed by atoms with Crippen LogP contribution >= 0.6 is 0 Å². The first-order valence-corrected chi connectivity index (χ1v) is 12.9. The minimum absolute atomic E-state index is 0.00928. The first-order chi connectivity index (χ1) is 19.3. The molecular formula is C27H28N4O9. The van der Waals surface area contributed by atoms with Gasteiger partial charge in [-0.1, -0.05) is 12.5 Å². The van der Waals surface area contributed by atoms with E-state index in [-0.39, 0.29) is 47.7 Å². The lowest BCUT2D eigenvalue weighted by molar-refractivity contribution is -0.384. The number of imide groups is 2. The van der Waals surface area contributed by atoms with Gasteiger partial charge in [-0.05, 0) is 43.5 Å². The summed E-state index contributed by atoms with van der Waals surface area (Å²) in [6, 6.07) is 9.25. The summed E-state index contributed by atoms with van der Waals surface area (Å²) in [5.41, 5.74) is 0.328. The van der Waals surface area contributed by atoms with Crippen LogP contribution in [0.25, 0.3) is 0 Å². The van der Waals surface area contributed by atoms with Crippen LogP contribution in [0, 0.1) is 10.1 Å². The van der Waals surface area contributed by atoms with Crippen molar-refractivity contribution in [1.29, 1.82) is 0 Å². The van der Waals surface area contributed by atoms with Crippen LogP contribution in [-0.2, 0) is 19.1 Å². The molecule has 13 nitrogen and oxygen atoms in total. The van der Waals surface area contributed by atoms with E-state index in [0.29, 0.717) is 32.0 Å². The summed E-state index contributed by atoms with van der Waals surface area (Å²) in [6.07, 6.45) is 2.30. The van der Waals surface area contributed by atoms with Crippen LogP contribution in [0.4, 0.5) is 11.4 Å². The number of nitrogens with one attached hydrogen (secondary N) is 2. The van der Waals surface area contributed by atoms with Gasteiger partial charge >= 0.3 is 0 Å². The number of rotatable bonds is 13. The number of ether oxygens (including phenoxy) is 2. The zero-order valence-electron chi connectivity index (χ0n) is 21.6. The number of anilines is 1. The number of nitro benzene ring substituents is 1. The van der Waals surface area contributed by atoms with Gasteiger partial charge < -0.3 is 14.8 Å². The number of fused-ring (bicyclic) bond motifs is 1. The summed E-state index contributed by atoms with van der Waals surface area (Å²) in [5, 5.41) is 15.5. The third-order valence-corrected chi connectivity index (χ3v) is 6.48. The van der Waals surface area contributed by atoms with Gasteiger partial charge in [0.25, 0.3) is 17.5 Å². The Kier molecular flexibility index (Phi) is 9.17. The number of hydrogen-bond acceptors (Lipinski definition) is 9. The van der Waals surface area contributed by atoms with E-state index in [0.717, 1.165) is 17.7 Å². The van der Waals surface area contributed by atoms with Gasteiger partial charge in [-0.2, -0.15) is 0 Å². The average Bonchev–Trinajstić information content (AvgIpc) is 3.18. The Labute approximate surface area is 228 Å². The zero-order valence-corrected chi connectivity index (χ0v) is 21.6. The van der Waals surface area contributed by atoms with Crippen molar-refractivity contribution in [2.45, 2.75) is 44.6 Å². The number of amides is 5. The van der Waals surface area contributed by atoms with Crippen molar-refractivity contribution in [2.24, 2.45) is 0 Å². The molecule has 4 rings (SSSR count). The average molecular weight is 553 g/mol. The molecule has 5 amide bonds. The highest BCUT2D eigenvalue weighted by Gasteiger charge is 2.45. The molecule has 1 atom stereocenters. The van der Waals surface area contributed by atoms with E-state index in [9.17, 15) is 34.1 Å². The molecule has 0 aliphatic carbocycles. The van der Waals surface area contributed by atoms with E-state index >= 15 is 0 Å². The lowest BCUT2D eigenvalue weighted by Crippen LogP contribution is -2.54. The maximum Gasteiger partial charge on any atom is 0.269 e. The summed E-state index contributed by atoms with van der Waals surface area (Å²) in [6.45, 7) is 1.12. The molecule has 1 unspecified atom stereocenters. The first kappa shape index (κ1) is 28.4. The molecule has 2 aromatic rings. The van der Waals surface area contributed by atoms with Crippen LogP contribution in [0.1, 0.15) is 59.2 Å². The van der Waals surface area contributed by atoms with E-state index in [1.165, 1.54) is 36.4 Å². The van der Waals surface area contributed by atoms with Gasteiger partial charge in [-0.25, -0.2) is 0 Å². The number of hydrogen-bond donors (Lipinski definition) is 2. The van der Waals surface area contributed by atoms with Gasteiger partial charge in [0, 0.05) is 31.6 Å². The predicted octanol–water partition coefficient (Wildman–Crippen LogP) is 2.59. The number of nitrogens with zero attached hydrogens (tertiary/aromatic N) is 2. The molecule has 0 saturated carbocycles. The van der Waals surface area contributed by atoms with Gasteiger partial charge in [0.05, 0.1) is 28.3 Å². The molecule has 0 aromatic heterocycles. The lowest BCUT2D eigenvalue weighted by atomic mass is 10.0. The molecule has 40 heavy (non-hydrogen) atoms. The van der Waals surface area contributed by atoms with E-state index < -0.39 is 34.6 Å². The summed E-state index contributed by atoms with van der Waals surface area (Å²) in [5.74, 6) is -2.27. The predicted molar refractivity (Wildman–Crippen MR) is 140 cm³/mol. The van der Waals surface area contributed by atoms with Gasteiger partial charge in [0.1, 0.15) is 18.4 Å². The molecule has 2 N–H and O–H groups in total. The molecule has 0 spiro atoms. The Hall–Kier alpha value is -4.65. The monoisotopic (exact) mass is 552 g/mol. The zero-order chi connectivity index (χ0) is 28.6. The minimum Gasteiger partial charge on any atom is -0.491 e. The van der Waals surface area contributed by atoms with E-state index in [4.69, 9.17) is 9.47 Å². The number of carbonyl (C=O) groups is 5. The Morgan fingerprint density at radius 1 is 1.00 bits per heavy atom. The van der Waals surface area contributed by atoms with Crippen molar-refractivity contribution >= 4 is 40.9 Å². The summed E-state index contributed by atoms with van der Waals surface area (Å²) >= 11 is 0. The van der Waals surface area contributed by atoms with E-state index in [1.54, 1.807) is 6.07 Å². The summed E-state index contributed by atoms with van der Waals surface area (Å²) in [7, 11) is 0. The van der Waals surface area contributed by atoms with Gasteiger partial charge in [-0.15, -0.1) is 0 Å². The maximum absolute atomic E-state index is 13.1. The third kappa shape index (κ3) is 6.67. The molecule has 0 radical (unpaired) electrons. The van der Waals surface area contributed by atoms with Crippen molar-refractivity contribution in [3.63, 3.8) is 0 Å². The van der Waals surface area contributed by atoms with Gasteiger partial charge in [-0.3, -0.25) is 44.3 Å². The molecule has 1 saturated heterocycles. The van der Waals surface area contributed by atoms with Crippen molar-refractivity contribution in [1.82, 2.24) is 10.2 Å². The SMILES string of the molecule is O=C1CCC(N2C(=O)c3cccc(NC(=O)CCCCCOCCOc4ccc([N+](=O)[O-])cc4)c3C2=O)C(=O)N1. The molecule has 2 aliphatic heterocycles. The summed E-state index contributed by atoms with van der Waals surface area (Å²) in [4.78, 5) is 73.3. The Bertz CT molecular complexity index is 1330. The normalized spacial score (nSPS) is 16.5. The van der Waals surface area contributed by atoms with E-state index in [2.05, 4.69) is 10.6 Å². The number of benzene rings is 2. The van der Waals surface area contributed by atoms with Crippen LogP contribution in [0.2, 0.25) is 0 Å². The lowest BCUT2D eigenvalue weighted by Gasteiger charge is -2.27. The van der Waals surface area contributed by atoms with Crippen molar-refractivity contribution in [3.05, 3.63) is 63.7 Å². The molecule has 2 aliphatic rings. The highest BCUT2D eigenvalue weighted by Crippen LogP contribution is 2.32. The molecular weight excluding hydrogens is 524 g/mol. The smallest absolute Gasteiger partial charge is 0.269 e. The standard InChI is InChI=1S/C27H28N4O9/c32-22(7-2-1-3-14-39-15-16-40-18-10-8-17(9-11-18)31(37)38)28-20-6-4-5-19-24(20)27(36)30(26(19)35)21-12-13-23(33)29-25(21)34/h4-6,8-11,21H,1-3,7,12-16H2,(H,28,32)(H,29,33,34). The number of piperidine rings is 1. The molecule has 1 fully saturated rings. The second-order valence-electron chi connectivity index (χ2n) is 9.25. The Morgan fingerprint density at radius 2 is 1.77 bits per heavy atom. The third-order valence-electron chi connectivity index (χ3n) is 6.48. The number of carbonyl (C=O) groups excluding carboxylic acids is 5. The molecule has 2 heterocycles. The fourth-order valence-corrected chi connectivity index (χ4v) is 4.48. The van der Waals surface area contributed by atoms with Crippen LogP contribution in [0.15, 0.2) is 42.5 Å². The number of non-ortho nitro benzene ring substituents is 1. The molecule has 13 heteroatoms. The fourth-order valence-electron chi connectivity index (χ4n) is 4.48. The quantitative estimate of drug-likeness (QED) is 0.164. The number of nitro groups is 1. The van der Waals surface area contributed by atoms with Crippen molar-refractivity contribution < 1.29 is 38.4 Å². The fraction of sp³-hybridized carbons (Fsp3) is 0.370. The minimum atomic E-state index is -1.08. The van der Waals surface area contributed by atoms with Crippen LogP contribution in [0.5, 0.6) is 5.75 Å². The highest BCUT2D eigenvalue weighted by atomic mass is 16.6. The molecule has 0 bridgehead atoms. The van der Waals surface area contributed by atoms with Crippen molar-refractivity contribution in [3.8, 4) is 5.75 Å². The number of unbranched alkanes of at least 4 members (excludes halogenated alkanes) is 2. The molecule has 210 valence electrons. The second-order valence-corrected chi connectivity index (χ2v) is 9.25. The van der Waals surface area contributed by atoms with Gasteiger partial charge in [0.15, 0.2) is 0 Å². The highest BCUT2D eigenvalue weighted by molar-refractivity contribution is 6.26. The second kappa shape index (κ2) is 12.9. The van der Waals surface area contributed by atoms with E-state index in [1.807, 2.05) is 0 Å². The maximum atomic E-state index is 13.1. The first-order valence-electron chi connectivity index (χ1n) is 12.9. The summed E-state index contributed by atoms with van der Waals surface area (Å²) < 4.78 is 11.0. The topological polar surface area (TPSA) is 174 Å².